The fourth-order valence-electron chi connectivity index (χ4n) is 16.3. The van der Waals surface area contributed by atoms with Gasteiger partial charge in [-0.1, -0.05) is 0 Å². The lowest BCUT2D eigenvalue weighted by atomic mass is 9.90. The van der Waals surface area contributed by atoms with E-state index in [1.54, 1.807) is 0 Å². The van der Waals surface area contributed by atoms with Crippen LogP contribution in [0.3, 0.4) is 0 Å². The van der Waals surface area contributed by atoms with Gasteiger partial charge in [0, 0.05) is 33.4 Å². The van der Waals surface area contributed by atoms with Crippen molar-refractivity contribution in [2.75, 3.05) is 13.2 Å². The van der Waals surface area contributed by atoms with Crippen molar-refractivity contribution in [1.29, 1.82) is 0 Å². The molecule has 10 atom stereocenters. The summed E-state index contributed by atoms with van der Waals surface area (Å²) in [5.74, 6) is -82.1. The number of hydrogen-bond donors (Lipinski definition) is 32. The molecule has 2 fully saturated rings. The summed E-state index contributed by atoms with van der Waals surface area (Å²) in [6.07, 6.45) is -29.9. The number of carbonyl (C=O) groups excluding carboxylic acids is 10. The fourth-order valence-corrected chi connectivity index (χ4v) is 16.3. The summed E-state index contributed by atoms with van der Waals surface area (Å²) in [6, 6.07) is 3.00. The van der Waals surface area contributed by atoms with Crippen LogP contribution in [0.4, 0.5) is 0 Å². The Morgan fingerprint density at radius 3 is 0.753 bits per heavy atom. The molecule has 6 aliphatic rings. The number of esters is 10. The highest BCUT2D eigenvalue weighted by molar-refractivity contribution is 6.15. The maximum atomic E-state index is 16.2. The molecule has 11 aromatic carbocycles. The molecule has 11 aromatic rings. The van der Waals surface area contributed by atoms with Crippen LogP contribution in [0.5, 0.6) is 201 Å². The van der Waals surface area contributed by atoms with Gasteiger partial charge >= 0.3 is 65.7 Å². The van der Waals surface area contributed by atoms with Crippen LogP contribution in [-0.4, -0.2) is 304 Å². The van der Waals surface area contributed by atoms with E-state index in [-0.39, 0.29) is 48.5 Å². The first-order valence-corrected chi connectivity index (χ1v) is 40.3. The van der Waals surface area contributed by atoms with E-state index in [2.05, 4.69) is 0 Å². The second-order valence-electron chi connectivity index (χ2n) is 31.7. The van der Waals surface area contributed by atoms with Crippen LogP contribution in [0.15, 0.2) is 72.8 Å². The zero-order chi connectivity index (χ0) is 106. The second-order valence-corrected chi connectivity index (χ2v) is 31.7. The number of carbonyl (C=O) groups is 11. The standard InChI is InChI=1S/C89H58O57/c90-24-2-16(3-25(91)48(24)100)78(123)145-88-75-73(141-82(127)20-9-30(96)51(103)57(109)38(20)40-22(84(129)143-75)11-32(98)53(105)59(40)111)69-36(137-88)13-133-81(126)19-8-29(95)56(108)62(114)43(19)45-47(87(132)140-69)72(68(120)66(118)64(45)116)136-35-6-17(4-27(93)50(35)102)79(124)146-89-76-74(142-83(128)21-10-31(97)52(104)58(110)39(21)41-23(85(130)144-76)12-33(99)54(106)60(41)112)70-37(138-89)14-134-80(125)18-7-28(94)55(107)61(113)42(18)44-46(86(131)139-70)71(67(119)65(117)63(44)115)135-34-5-15(77(121)122)1-26(92)49(34)101/h1-12,36-37,69-70,73-76,88-120H,13-14H2,(H,121,122)/t36-,37-,69+,70-,73-,74+,75-,76-,88+,89-/m1/s1. The Hall–Kier alpha value is -21.1. The third kappa shape index (κ3) is 15.4. The van der Waals surface area contributed by atoms with Crippen molar-refractivity contribution < 1.29 is 282 Å². The van der Waals surface area contributed by atoms with Crippen molar-refractivity contribution in [3.8, 4) is 246 Å². The first kappa shape index (κ1) is 96.6. The molecule has 2 saturated heterocycles. The molecule has 0 aliphatic carbocycles. The highest BCUT2D eigenvalue weighted by Crippen LogP contribution is 2.64. The molecule has 146 heavy (non-hydrogen) atoms. The third-order valence-electron chi connectivity index (χ3n) is 23.2. The lowest BCUT2D eigenvalue weighted by Gasteiger charge is -2.44. The van der Waals surface area contributed by atoms with E-state index in [1.165, 1.54) is 0 Å². The molecule has 6 heterocycles. The highest BCUT2D eigenvalue weighted by Gasteiger charge is 2.60. The van der Waals surface area contributed by atoms with Gasteiger partial charge in [-0.3, -0.25) is 0 Å². The van der Waals surface area contributed by atoms with E-state index in [0.29, 0.717) is 24.3 Å². The predicted molar refractivity (Wildman–Crippen MR) is 449 cm³/mol. The predicted octanol–water partition coefficient (Wildman–Crippen LogP) is 4.60. The maximum absolute atomic E-state index is 16.2. The fraction of sp³-hybridized carbons (Fsp3) is 0.135. The Kier molecular flexibility index (Phi) is 23.0. The van der Waals surface area contributed by atoms with E-state index in [9.17, 15) is 183 Å². The average Bonchev–Trinajstić information content (AvgIpc) is 1.11. The number of cyclic esters (lactones) is 2. The van der Waals surface area contributed by atoms with Crippen LogP contribution in [0.2, 0.25) is 0 Å². The van der Waals surface area contributed by atoms with Gasteiger partial charge in [0.2, 0.25) is 93.8 Å². The van der Waals surface area contributed by atoms with Crippen molar-refractivity contribution in [3.63, 3.8) is 0 Å². The molecule has 57 nitrogen and oxygen atoms in total. The quantitative estimate of drug-likeness (QED) is 0.0533. The van der Waals surface area contributed by atoms with E-state index in [4.69, 9.17) is 66.3 Å². The molecule has 756 valence electrons. The Morgan fingerprint density at radius 2 is 0.459 bits per heavy atom. The van der Waals surface area contributed by atoms with E-state index in [1.807, 2.05) is 0 Å². The summed E-state index contributed by atoms with van der Waals surface area (Å²) >= 11 is 0. The van der Waals surface area contributed by atoms with Crippen LogP contribution in [-0.2, 0) is 56.8 Å². The first-order valence-electron chi connectivity index (χ1n) is 40.3. The van der Waals surface area contributed by atoms with Gasteiger partial charge < -0.3 is 230 Å². The molecule has 6 aliphatic heterocycles. The molecule has 0 spiro atoms. The summed E-state index contributed by atoms with van der Waals surface area (Å²) < 4.78 is 80.8. The number of ether oxygens (including phenoxy) is 14. The van der Waals surface area contributed by atoms with Gasteiger partial charge in [0.25, 0.3) is 0 Å². The molecular weight excluding hydrogens is 1980 g/mol. The third-order valence-corrected chi connectivity index (χ3v) is 23.2. The Labute approximate surface area is 799 Å². The second kappa shape index (κ2) is 34.8. The van der Waals surface area contributed by atoms with Crippen molar-refractivity contribution in [1.82, 2.24) is 0 Å². The zero-order valence-corrected chi connectivity index (χ0v) is 71.1. The van der Waals surface area contributed by atoms with Crippen LogP contribution in [0.1, 0.15) is 114 Å². The van der Waals surface area contributed by atoms with Crippen LogP contribution >= 0.6 is 0 Å². The first-order chi connectivity index (χ1) is 68.7. The van der Waals surface area contributed by atoms with Gasteiger partial charge in [0.15, 0.2) is 157 Å². The molecule has 57 heteroatoms. The number of benzene rings is 11. The summed E-state index contributed by atoms with van der Waals surface area (Å²) in [5, 5.41) is 360. The number of hydrogen-bond acceptors (Lipinski definition) is 56. The Balaban J connectivity index is 0.827. The molecule has 0 bridgehead atoms. The number of phenolic OH excluding ortho intramolecular Hbond substituents is 31. The van der Waals surface area contributed by atoms with E-state index < -0.39 is 447 Å². The van der Waals surface area contributed by atoms with Gasteiger partial charge in [-0.2, -0.15) is 0 Å². The van der Waals surface area contributed by atoms with E-state index >= 15 is 33.6 Å². The molecular formula is C89H58O57. The number of aromatic hydroxyl groups is 31. The van der Waals surface area contributed by atoms with Gasteiger partial charge in [-0.05, 0) is 72.8 Å². The van der Waals surface area contributed by atoms with Gasteiger partial charge in [0.1, 0.15) is 36.5 Å². The summed E-state index contributed by atoms with van der Waals surface area (Å²) in [5.41, 5.74) is -27.6. The van der Waals surface area contributed by atoms with Crippen molar-refractivity contribution in [3.05, 3.63) is 134 Å². The number of carboxylic acids is 1. The molecule has 0 amide bonds. The number of fused-ring (bicyclic) bond motifs is 18. The SMILES string of the molecule is O=C(O)c1cc(O)c(O)c(Oc2c(O)c(O)c(O)c3c2C(=O)O[C@H]2[C@@H]4OC(=O)c5cc(O)c(O)c(O)c5-c5c(cc(O)c(O)c5O)C(=O)O[C@H]4[C@@H](OC(=O)c4cc(O)c(O)c(Oc5c(O)c(O)c(O)c6c5C(=O)O[C@@H]5[C@H]7OC(=O)c8cc(O)c(O)c(O)c8-c8c(cc(O)c(O)c8O)C(=O)O[C@H]7[C@H](OC(=O)c7cc(O)c(O)c(O)c7)O[C@@H]5COC(=O)c5cc(O)c(O)c(O)c5-6)c4)O[C@@H]2COC(=O)c2cc(O)c(O)c(O)c2-3)c1. The van der Waals surface area contributed by atoms with E-state index in [0.717, 1.165) is 0 Å². The van der Waals surface area contributed by atoms with Crippen LogP contribution < -0.4 is 9.47 Å². The largest absolute Gasteiger partial charge is 0.504 e. The molecule has 17 rings (SSSR count). The van der Waals surface area contributed by atoms with Gasteiger partial charge in [-0.25, -0.2) is 52.7 Å². The van der Waals surface area contributed by atoms with Crippen LogP contribution in [0.25, 0.3) is 44.5 Å². The Bertz CT molecular complexity index is 7720. The number of carboxylic acid groups (broad SMARTS) is 1. The zero-order valence-electron chi connectivity index (χ0n) is 71.1. The molecule has 32 N–H and O–H groups in total. The summed E-state index contributed by atoms with van der Waals surface area (Å²) in [7, 11) is 0. The molecule has 0 radical (unpaired) electrons. The normalized spacial score (nSPS) is 19.4. The van der Waals surface area contributed by atoms with Crippen LogP contribution in [0, 0.1) is 0 Å². The lowest BCUT2D eigenvalue weighted by Crippen LogP contribution is -2.63. The Morgan fingerprint density at radius 1 is 0.226 bits per heavy atom. The minimum atomic E-state index is -3.20. The average molecular weight is 2040 g/mol. The number of rotatable bonds is 9. The van der Waals surface area contributed by atoms with Crippen molar-refractivity contribution >= 4 is 65.7 Å². The number of aromatic carboxylic acids is 1. The monoisotopic (exact) mass is 2040 g/mol. The van der Waals surface area contributed by atoms with Gasteiger partial charge in [-0.15, -0.1) is 0 Å². The highest BCUT2D eigenvalue weighted by atomic mass is 16.8. The smallest absolute Gasteiger partial charge is 0.343 e. The lowest BCUT2D eigenvalue weighted by molar-refractivity contribution is -0.283. The number of phenols is 31. The minimum Gasteiger partial charge on any atom is -0.504 e. The molecule has 0 unspecified atom stereocenters. The van der Waals surface area contributed by atoms with Crippen molar-refractivity contribution in [2.24, 2.45) is 0 Å². The topological polar surface area (TPSA) is 964 Å². The summed E-state index contributed by atoms with van der Waals surface area (Å²) in [6.45, 7) is -3.39. The maximum Gasteiger partial charge on any atom is 0.343 e. The van der Waals surface area contributed by atoms with Gasteiger partial charge in [0.05, 0.1) is 61.2 Å². The molecule has 0 aromatic heterocycles. The molecule has 0 saturated carbocycles. The van der Waals surface area contributed by atoms with Crippen molar-refractivity contribution in [2.45, 2.75) is 61.4 Å². The minimum absolute atomic E-state index is 0.117. The summed E-state index contributed by atoms with van der Waals surface area (Å²) in [4.78, 5) is 165.